The predicted molar refractivity (Wildman–Crippen MR) is 140 cm³/mol. The maximum Gasteiger partial charge on any atom is 0.151 e. The number of fused-ring (bicyclic) bond motifs is 1. The molecule has 3 aromatic rings. The smallest absolute Gasteiger partial charge is 0.151 e. The largest absolute Gasteiger partial charge is 0.507 e. The highest BCUT2D eigenvalue weighted by atomic mass is 16.5. The molecule has 1 atom stereocenters. The number of anilines is 1. The molecule has 0 amide bonds. The second-order valence-electron chi connectivity index (χ2n) is 11.5. The summed E-state index contributed by atoms with van der Waals surface area (Å²) in [6.07, 6.45) is 7.33. The Kier molecular flexibility index (Phi) is 6.18. The predicted octanol–water partition coefficient (Wildman–Crippen LogP) is 5.38. The lowest BCUT2D eigenvalue weighted by atomic mass is 9.79. The maximum atomic E-state index is 10.7. The van der Waals surface area contributed by atoms with Crippen LogP contribution in [0.2, 0.25) is 0 Å². The molecule has 0 aliphatic carbocycles. The number of hydrogen-bond donors (Lipinski definition) is 2. The second kappa shape index (κ2) is 9.03. The van der Waals surface area contributed by atoms with E-state index in [1.807, 2.05) is 24.4 Å². The molecular weight excluding hydrogens is 438 g/mol. The number of phenols is 1. The van der Waals surface area contributed by atoms with Gasteiger partial charge >= 0.3 is 0 Å². The van der Waals surface area contributed by atoms with Crippen molar-refractivity contribution in [2.45, 2.75) is 83.0 Å². The van der Waals surface area contributed by atoms with E-state index in [4.69, 9.17) is 4.74 Å². The van der Waals surface area contributed by atoms with Crippen LogP contribution in [0, 0.1) is 0 Å². The van der Waals surface area contributed by atoms with E-state index in [-0.39, 0.29) is 22.9 Å². The number of phenolic OH excluding ortho intramolecular Hbond substituents is 1. The van der Waals surface area contributed by atoms with Gasteiger partial charge in [-0.25, -0.2) is 0 Å². The zero-order chi connectivity index (χ0) is 24.8. The van der Waals surface area contributed by atoms with E-state index in [2.05, 4.69) is 66.2 Å². The molecule has 0 spiro atoms. The molecule has 0 saturated carbocycles. The molecule has 1 aromatic carbocycles. The van der Waals surface area contributed by atoms with Crippen molar-refractivity contribution in [3.63, 3.8) is 0 Å². The molecule has 2 aromatic heterocycles. The summed E-state index contributed by atoms with van der Waals surface area (Å²) in [5.74, 6) is 0.995. The van der Waals surface area contributed by atoms with Crippen molar-refractivity contribution in [3.8, 4) is 17.0 Å². The molecule has 2 N–H and O–H groups in total. The van der Waals surface area contributed by atoms with E-state index in [0.717, 1.165) is 54.6 Å². The standard InChI is InChI=1S/C28H37N5O2/c1-27(2)15-20(16-28(3,4)32-27)33(5)26-10-9-22(30-31-26)21-13-18-12-19(25-8-6-7-11-35-25)17-29-23(18)14-24(21)34/h9-10,12-14,17,20,25,32,34H,6-8,11,15-16H2,1-5H3. The van der Waals surface area contributed by atoms with Crippen LogP contribution in [0.25, 0.3) is 22.2 Å². The number of pyridine rings is 1. The molecule has 2 fully saturated rings. The van der Waals surface area contributed by atoms with Crippen LogP contribution in [0.5, 0.6) is 5.75 Å². The average Bonchev–Trinajstić information content (AvgIpc) is 2.81. The first-order chi connectivity index (χ1) is 16.6. The van der Waals surface area contributed by atoms with Crippen molar-refractivity contribution in [2.75, 3.05) is 18.6 Å². The Hall–Kier alpha value is -2.77. The summed E-state index contributed by atoms with van der Waals surface area (Å²) in [5.41, 5.74) is 3.26. The summed E-state index contributed by atoms with van der Waals surface area (Å²) in [4.78, 5) is 6.81. The highest BCUT2D eigenvalue weighted by Crippen LogP contribution is 2.36. The van der Waals surface area contributed by atoms with Crippen LogP contribution in [0.3, 0.4) is 0 Å². The number of aromatic nitrogens is 3. The van der Waals surface area contributed by atoms with Crippen LogP contribution in [0.4, 0.5) is 5.82 Å². The van der Waals surface area contributed by atoms with Gasteiger partial charge in [-0.15, -0.1) is 10.2 Å². The fourth-order valence-electron chi connectivity index (χ4n) is 5.95. The molecule has 35 heavy (non-hydrogen) atoms. The first kappa shape index (κ1) is 23.9. The van der Waals surface area contributed by atoms with Crippen LogP contribution in [-0.4, -0.2) is 51.1 Å². The van der Waals surface area contributed by atoms with Crippen LogP contribution in [-0.2, 0) is 4.74 Å². The van der Waals surface area contributed by atoms with Crippen LogP contribution in [0.15, 0.2) is 36.5 Å². The highest BCUT2D eigenvalue weighted by Gasteiger charge is 2.39. The Morgan fingerprint density at radius 3 is 2.46 bits per heavy atom. The third-order valence-electron chi connectivity index (χ3n) is 7.38. The third-order valence-corrected chi connectivity index (χ3v) is 7.38. The Morgan fingerprint density at radius 2 is 1.80 bits per heavy atom. The molecule has 4 heterocycles. The van der Waals surface area contributed by atoms with Gasteiger partial charge < -0.3 is 20.1 Å². The lowest BCUT2D eigenvalue weighted by Gasteiger charge is -2.49. The summed E-state index contributed by atoms with van der Waals surface area (Å²) in [7, 11) is 2.10. The number of piperidine rings is 1. The molecule has 2 aliphatic heterocycles. The quantitative estimate of drug-likeness (QED) is 0.524. The summed E-state index contributed by atoms with van der Waals surface area (Å²) >= 11 is 0. The third kappa shape index (κ3) is 5.11. The Bertz CT molecular complexity index is 1190. The molecular formula is C28H37N5O2. The monoisotopic (exact) mass is 475 g/mol. The zero-order valence-corrected chi connectivity index (χ0v) is 21.5. The van der Waals surface area contributed by atoms with Gasteiger partial charge in [-0.1, -0.05) is 0 Å². The van der Waals surface area contributed by atoms with Crippen LogP contribution < -0.4 is 10.2 Å². The highest BCUT2D eigenvalue weighted by molar-refractivity contribution is 5.87. The fraction of sp³-hybridized carbons (Fsp3) is 0.536. The van der Waals surface area contributed by atoms with Gasteiger partial charge in [0.25, 0.3) is 0 Å². The lowest BCUT2D eigenvalue weighted by molar-refractivity contribution is 0.0148. The van der Waals surface area contributed by atoms with Crippen molar-refractivity contribution in [2.24, 2.45) is 0 Å². The normalized spacial score (nSPS) is 22.3. The summed E-state index contributed by atoms with van der Waals surface area (Å²) in [6.45, 7) is 9.82. The molecule has 186 valence electrons. The molecule has 5 rings (SSSR count). The Morgan fingerprint density at radius 1 is 1.03 bits per heavy atom. The minimum absolute atomic E-state index is 0.0560. The van der Waals surface area contributed by atoms with Gasteiger partial charge in [0.05, 0.1) is 17.3 Å². The van der Waals surface area contributed by atoms with Crippen molar-refractivity contribution in [1.82, 2.24) is 20.5 Å². The van der Waals surface area contributed by atoms with Gasteiger partial charge in [-0.2, -0.15) is 0 Å². The van der Waals surface area contributed by atoms with Crippen molar-refractivity contribution in [1.29, 1.82) is 0 Å². The molecule has 1 unspecified atom stereocenters. The van der Waals surface area contributed by atoms with E-state index in [1.54, 1.807) is 6.07 Å². The fourth-order valence-corrected chi connectivity index (χ4v) is 5.95. The number of nitrogens with zero attached hydrogens (tertiary/aromatic N) is 4. The first-order valence-corrected chi connectivity index (χ1v) is 12.7. The van der Waals surface area contributed by atoms with E-state index < -0.39 is 0 Å². The van der Waals surface area contributed by atoms with Gasteiger partial charge in [-0.3, -0.25) is 4.98 Å². The van der Waals surface area contributed by atoms with Gasteiger partial charge in [0.1, 0.15) is 5.75 Å². The van der Waals surface area contributed by atoms with Crippen molar-refractivity contribution >= 4 is 16.7 Å². The minimum atomic E-state index is 0.0560. The number of ether oxygens (including phenoxy) is 1. The Balaban J connectivity index is 1.40. The molecule has 0 bridgehead atoms. The Labute approximate surface area is 207 Å². The van der Waals surface area contributed by atoms with Gasteiger partial charge in [0.15, 0.2) is 5.82 Å². The molecule has 7 heteroatoms. The van der Waals surface area contributed by atoms with Crippen molar-refractivity contribution < 1.29 is 9.84 Å². The number of nitrogens with one attached hydrogen (secondary N) is 1. The first-order valence-electron chi connectivity index (χ1n) is 12.7. The van der Waals surface area contributed by atoms with Gasteiger partial charge in [-0.05, 0) is 89.6 Å². The lowest BCUT2D eigenvalue weighted by Crippen LogP contribution is -2.62. The summed E-state index contributed by atoms with van der Waals surface area (Å²) in [6, 6.07) is 10.1. The van der Waals surface area contributed by atoms with E-state index in [9.17, 15) is 5.11 Å². The average molecular weight is 476 g/mol. The second-order valence-corrected chi connectivity index (χ2v) is 11.5. The zero-order valence-electron chi connectivity index (χ0n) is 21.5. The van der Waals surface area contributed by atoms with Crippen LogP contribution >= 0.6 is 0 Å². The summed E-state index contributed by atoms with van der Waals surface area (Å²) < 4.78 is 5.94. The van der Waals surface area contributed by atoms with E-state index >= 15 is 0 Å². The summed E-state index contributed by atoms with van der Waals surface area (Å²) in [5, 5.41) is 24.5. The van der Waals surface area contributed by atoms with Gasteiger partial charge in [0, 0.05) is 54.0 Å². The van der Waals surface area contributed by atoms with E-state index in [1.165, 1.54) is 6.42 Å². The van der Waals surface area contributed by atoms with Gasteiger partial charge in [0.2, 0.25) is 0 Å². The minimum Gasteiger partial charge on any atom is -0.507 e. The topological polar surface area (TPSA) is 83.4 Å². The van der Waals surface area contributed by atoms with Crippen molar-refractivity contribution in [3.05, 3.63) is 42.1 Å². The number of aromatic hydroxyl groups is 1. The molecule has 7 nitrogen and oxygen atoms in total. The van der Waals surface area contributed by atoms with E-state index in [0.29, 0.717) is 17.3 Å². The maximum absolute atomic E-state index is 10.7. The number of benzene rings is 1. The number of hydrogen-bond acceptors (Lipinski definition) is 7. The number of rotatable bonds is 4. The molecule has 2 saturated heterocycles. The molecule has 2 aliphatic rings. The van der Waals surface area contributed by atoms with Crippen LogP contribution in [0.1, 0.15) is 71.5 Å². The SMILES string of the molecule is CN(c1ccc(-c2cc3cc(C4CCCCO4)cnc3cc2O)nn1)C1CC(C)(C)NC(C)(C)C1. The molecule has 0 radical (unpaired) electrons.